The molecule has 24 heavy (non-hydrogen) atoms. The van der Waals surface area contributed by atoms with Gasteiger partial charge in [-0.1, -0.05) is 29.4 Å². The minimum Gasteiger partial charge on any atom is -0.391 e. The van der Waals surface area contributed by atoms with Crippen LogP contribution in [-0.4, -0.2) is 32.5 Å². The third-order valence-electron chi connectivity index (χ3n) is 3.86. The van der Waals surface area contributed by atoms with Crippen LogP contribution >= 0.6 is 0 Å². The Kier molecular flexibility index (Phi) is 5.44. The van der Waals surface area contributed by atoms with E-state index in [1.54, 1.807) is 18.3 Å². The van der Waals surface area contributed by atoms with Crippen molar-refractivity contribution in [3.05, 3.63) is 65.2 Å². The average Bonchev–Trinajstić information content (AvgIpc) is 2.67. The maximum atomic E-state index is 8.76. The average molecular weight is 321 g/mol. The Hall–Kier alpha value is -2.84. The van der Waals surface area contributed by atoms with Gasteiger partial charge in [0.2, 0.25) is 0 Å². The van der Waals surface area contributed by atoms with Crippen molar-refractivity contribution in [2.75, 3.05) is 31.2 Å². The molecule has 0 N–H and O–H groups in total. The molecular formula is C19H19N3O2. The minimum atomic E-state index is 0.383. The summed E-state index contributed by atoms with van der Waals surface area (Å²) in [7, 11) is 0. The van der Waals surface area contributed by atoms with Gasteiger partial charge in [-0.15, -0.1) is 0 Å². The van der Waals surface area contributed by atoms with E-state index in [9.17, 15) is 0 Å². The molecule has 0 radical (unpaired) electrons. The predicted octanol–water partition coefficient (Wildman–Crippen LogP) is 2.95. The van der Waals surface area contributed by atoms with Gasteiger partial charge in [0.05, 0.1) is 31.1 Å². The molecule has 0 aromatic heterocycles. The second-order valence-corrected chi connectivity index (χ2v) is 5.51. The fourth-order valence-corrected chi connectivity index (χ4v) is 2.48. The molecule has 0 bridgehead atoms. The van der Waals surface area contributed by atoms with Crippen molar-refractivity contribution in [3.63, 3.8) is 0 Å². The first kappa shape index (κ1) is 16.0. The second-order valence-electron chi connectivity index (χ2n) is 5.51. The first-order chi connectivity index (χ1) is 11.8. The van der Waals surface area contributed by atoms with E-state index >= 15 is 0 Å². The number of nitriles is 1. The number of anilines is 1. The van der Waals surface area contributed by atoms with Crippen LogP contribution in [0.25, 0.3) is 0 Å². The van der Waals surface area contributed by atoms with Gasteiger partial charge in [-0.3, -0.25) is 0 Å². The smallest absolute Gasteiger partial charge is 0.142 e. The van der Waals surface area contributed by atoms with Crippen LogP contribution in [0.5, 0.6) is 0 Å². The van der Waals surface area contributed by atoms with Crippen molar-refractivity contribution in [2.45, 2.75) is 6.61 Å². The Bertz CT molecular complexity index is 712. The van der Waals surface area contributed by atoms with E-state index in [-0.39, 0.29) is 0 Å². The molecule has 2 aromatic carbocycles. The molecule has 0 atom stereocenters. The largest absolute Gasteiger partial charge is 0.391 e. The number of rotatable bonds is 5. The number of hydrogen-bond acceptors (Lipinski definition) is 5. The Morgan fingerprint density at radius 1 is 1.08 bits per heavy atom. The lowest BCUT2D eigenvalue weighted by Crippen LogP contribution is -2.36. The molecule has 2 aromatic rings. The fourth-order valence-electron chi connectivity index (χ4n) is 2.48. The summed E-state index contributed by atoms with van der Waals surface area (Å²) in [5.41, 5.74) is 3.82. The quantitative estimate of drug-likeness (QED) is 0.627. The summed E-state index contributed by atoms with van der Waals surface area (Å²) < 4.78 is 5.36. The molecule has 0 amide bonds. The SMILES string of the molecule is N#Cc1ccc(CON=Cc2ccc(N3CCOCC3)cc2)cc1. The fraction of sp³-hybridized carbons (Fsp3) is 0.263. The van der Waals surface area contributed by atoms with Crippen LogP contribution in [0.1, 0.15) is 16.7 Å². The highest BCUT2D eigenvalue weighted by Crippen LogP contribution is 2.16. The van der Waals surface area contributed by atoms with Crippen molar-refractivity contribution in [2.24, 2.45) is 5.16 Å². The zero-order chi connectivity index (χ0) is 16.6. The third kappa shape index (κ3) is 4.34. The van der Waals surface area contributed by atoms with E-state index in [0.717, 1.165) is 37.4 Å². The van der Waals surface area contributed by atoms with Gasteiger partial charge in [0.1, 0.15) is 6.61 Å². The molecule has 0 saturated carbocycles. The Balaban J connectivity index is 1.50. The topological polar surface area (TPSA) is 57.8 Å². The molecule has 3 rings (SSSR count). The Morgan fingerprint density at radius 2 is 1.79 bits per heavy atom. The molecule has 122 valence electrons. The van der Waals surface area contributed by atoms with Crippen LogP contribution in [0.2, 0.25) is 0 Å². The molecule has 1 aliphatic heterocycles. The first-order valence-electron chi connectivity index (χ1n) is 7.92. The number of morpholine rings is 1. The molecule has 0 aliphatic carbocycles. The number of nitrogens with zero attached hydrogens (tertiary/aromatic N) is 3. The van der Waals surface area contributed by atoms with Gasteiger partial charge in [0.15, 0.2) is 0 Å². The van der Waals surface area contributed by atoms with Gasteiger partial charge in [0, 0.05) is 18.8 Å². The number of benzene rings is 2. The molecule has 0 spiro atoms. The van der Waals surface area contributed by atoms with Crippen LogP contribution in [0, 0.1) is 11.3 Å². The van der Waals surface area contributed by atoms with Crippen molar-refractivity contribution in [3.8, 4) is 6.07 Å². The standard InChI is InChI=1S/C19H19N3O2/c20-13-16-1-3-18(4-2-16)15-24-21-14-17-5-7-19(8-6-17)22-9-11-23-12-10-22/h1-8,14H,9-12,15H2. The maximum Gasteiger partial charge on any atom is 0.142 e. The van der Waals surface area contributed by atoms with Crippen LogP contribution < -0.4 is 4.90 Å². The minimum absolute atomic E-state index is 0.383. The molecule has 1 aliphatic rings. The summed E-state index contributed by atoms with van der Waals surface area (Å²) in [6, 6.07) is 17.6. The van der Waals surface area contributed by atoms with E-state index in [1.165, 1.54) is 5.69 Å². The van der Waals surface area contributed by atoms with Crippen molar-refractivity contribution in [1.82, 2.24) is 0 Å². The summed E-state index contributed by atoms with van der Waals surface area (Å²) >= 11 is 0. The van der Waals surface area contributed by atoms with Crippen LogP contribution in [0.4, 0.5) is 5.69 Å². The lowest BCUT2D eigenvalue weighted by atomic mass is 10.2. The molecule has 0 unspecified atom stereocenters. The highest BCUT2D eigenvalue weighted by molar-refractivity contribution is 5.79. The first-order valence-corrected chi connectivity index (χ1v) is 7.92. The molecule has 5 heteroatoms. The van der Waals surface area contributed by atoms with E-state index in [1.807, 2.05) is 24.3 Å². The number of hydrogen-bond donors (Lipinski definition) is 0. The monoisotopic (exact) mass is 321 g/mol. The van der Waals surface area contributed by atoms with Gasteiger partial charge < -0.3 is 14.5 Å². The summed E-state index contributed by atoms with van der Waals surface area (Å²) in [6.45, 7) is 3.81. The Labute approximate surface area is 141 Å². The second kappa shape index (κ2) is 8.14. The van der Waals surface area contributed by atoms with Gasteiger partial charge in [-0.05, 0) is 35.4 Å². The normalized spacial score (nSPS) is 14.5. The molecule has 1 heterocycles. The highest BCUT2D eigenvalue weighted by Gasteiger charge is 2.10. The lowest BCUT2D eigenvalue weighted by molar-refractivity contribution is 0.122. The van der Waals surface area contributed by atoms with E-state index in [4.69, 9.17) is 14.8 Å². The molecule has 5 nitrogen and oxygen atoms in total. The molecule has 1 fully saturated rings. The third-order valence-corrected chi connectivity index (χ3v) is 3.86. The molecule has 1 saturated heterocycles. The van der Waals surface area contributed by atoms with E-state index < -0.39 is 0 Å². The van der Waals surface area contributed by atoms with E-state index in [2.05, 4.69) is 28.3 Å². The Morgan fingerprint density at radius 3 is 2.46 bits per heavy atom. The van der Waals surface area contributed by atoms with Gasteiger partial charge in [0.25, 0.3) is 0 Å². The maximum absolute atomic E-state index is 8.76. The summed E-state index contributed by atoms with van der Waals surface area (Å²) in [5.74, 6) is 0. The summed E-state index contributed by atoms with van der Waals surface area (Å²) in [5, 5.41) is 12.8. The highest BCUT2D eigenvalue weighted by atomic mass is 16.6. The zero-order valence-electron chi connectivity index (χ0n) is 13.4. The predicted molar refractivity (Wildman–Crippen MR) is 93.0 cm³/mol. The lowest BCUT2D eigenvalue weighted by Gasteiger charge is -2.28. The van der Waals surface area contributed by atoms with E-state index in [0.29, 0.717) is 12.2 Å². The molecular weight excluding hydrogens is 302 g/mol. The van der Waals surface area contributed by atoms with Crippen LogP contribution in [0.15, 0.2) is 53.7 Å². The van der Waals surface area contributed by atoms with Crippen molar-refractivity contribution < 1.29 is 9.57 Å². The number of oxime groups is 1. The van der Waals surface area contributed by atoms with Gasteiger partial charge >= 0.3 is 0 Å². The van der Waals surface area contributed by atoms with Gasteiger partial charge in [-0.25, -0.2) is 0 Å². The summed E-state index contributed by atoms with van der Waals surface area (Å²) in [4.78, 5) is 7.61. The van der Waals surface area contributed by atoms with Crippen molar-refractivity contribution in [1.29, 1.82) is 5.26 Å². The zero-order valence-corrected chi connectivity index (χ0v) is 13.4. The van der Waals surface area contributed by atoms with Crippen LogP contribution in [0.3, 0.4) is 0 Å². The summed E-state index contributed by atoms with van der Waals surface area (Å²) in [6.07, 6.45) is 1.70. The number of ether oxygens (including phenoxy) is 1. The van der Waals surface area contributed by atoms with Crippen molar-refractivity contribution >= 4 is 11.9 Å². The van der Waals surface area contributed by atoms with Crippen LogP contribution in [-0.2, 0) is 16.2 Å². The van der Waals surface area contributed by atoms with Gasteiger partial charge in [-0.2, -0.15) is 5.26 Å².